The molecule has 0 aliphatic rings. The van der Waals surface area contributed by atoms with Crippen LogP contribution in [-0.2, 0) is 0 Å². The molecule has 3 aromatic carbocycles. The molecule has 4 heteroatoms. The molecule has 0 heterocycles. The third-order valence-corrected chi connectivity index (χ3v) is 4.01. The summed E-state index contributed by atoms with van der Waals surface area (Å²) in [6.07, 6.45) is 0. The second kappa shape index (κ2) is 7.77. The smallest absolute Gasteiger partial charge is 0.193 e. The molecular weight excluding hydrogens is 334 g/mol. The van der Waals surface area contributed by atoms with Crippen molar-refractivity contribution in [3.8, 4) is 0 Å². The van der Waals surface area contributed by atoms with Crippen molar-refractivity contribution in [2.24, 2.45) is 0 Å². The van der Waals surface area contributed by atoms with E-state index in [1.807, 2.05) is 12.1 Å². The van der Waals surface area contributed by atoms with Crippen LogP contribution >= 0.6 is 11.6 Å². The third-order valence-electron chi connectivity index (χ3n) is 3.78. The number of nitrogens with one attached hydrogen (secondary N) is 1. The summed E-state index contributed by atoms with van der Waals surface area (Å²) >= 11 is 6.01. The first-order chi connectivity index (χ1) is 12.1. The van der Waals surface area contributed by atoms with Crippen LogP contribution in [0.1, 0.15) is 20.7 Å². The summed E-state index contributed by atoms with van der Waals surface area (Å²) in [5.41, 5.74) is 1.57. The third kappa shape index (κ3) is 4.14. The molecule has 0 fully saturated rings. The van der Waals surface area contributed by atoms with Gasteiger partial charge in [0.2, 0.25) is 0 Å². The van der Waals surface area contributed by atoms with Crippen molar-refractivity contribution in [3.05, 3.63) is 101 Å². The number of halogens is 1. The maximum atomic E-state index is 12.9. The highest BCUT2D eigenvalue weighted by atomic mass is 35.5. The van der Waals surface area contributed by atoms with E-state index in [1.54, 1.807) is 72.8 Å². The van der Waals surface area contributed by atoms with Crippen LogP contribution in [0.5, 0.6) is 0 Å². The molecular formula is C21H16ClNO2. The van der Waals surface area contributed by atoms with Crippen LogP contribution in [-0.4, -0.2) is 17.6 Å². The molecule has 0 amide bonds. The highest BCUT2D eigenvalue weighted by Crippen LogP contribution is 2.19. The Balaban J connectivity index is 1.96. The Hall–Kier alpha value is -2.91. The molecule has 0 radical (unpaired) electrons. The number of carbonyl (C=O) groups is 2. The number of Topliss-reactive ketones (excluding diaryl/α,β-unsaturated/α-hetero) is 2. The van der Waals surface area contributed by atoms with E-state index < -0.39 is 6.04 Å². The summed E-state index contributed by atoms with van der Waals surface area (Å²) in [4.78, 5) is 25.9. The molecule has 0 bridgehead atoms. The molecule has 0 aromatic heterocycles. The Kier molecular flexibility index (Phi) is 5.26. The van der Waals surface area contributed by atoms with Crippen LogP contribution in [0.3, 0.4) is 0 Å². The zero-order valence-electron chi connectivity index (χ0n) is 13.4. The van der Waals surface area contributed by atoms with Gasteiger partial charge in [-0.2, -0.15) is 0 Å². The zero-order valence-corrected chi connectivity index (χ0v) is 14.1. The van der Waals surface area contributed by atoms with Gasteiger partial charge in [-0.3, -0.25) is 9.59 Å². The Morgan fingerprint density at radius 1 is 0.720 bits per heavy atom. The molecule has 0 saturated carbocycles. The summed E-state index contributed by atoms with van der Waals surface area (Å²) in [5.74, 6) is -0.566. The minimum absolute atomic E-state index is 0.283. The monoisotopic (exact) mass is 349 g/mol. The van der Waals surface area contributed by atoms with Gasteiger partial charge < -0.3 is 5.32 Å². The van der Waals surface area contributed by atoms with Crippen molar-refractivity contribution in [3.63, 3.8) is 0 Å². The van der Waals surface area contributed by atoms with E-state index in [0.717, 1.165) is 0 Å². The standard InChI is InChI=1S/C21H16ClNO2/c22-17-12-7-13-18(14-17)23-19(20(24)15-8-3-1-4-9-15)21(25)16-10-5-2-6-11-16/h1-14,19,23H. The summed E-state index contributed by atoms with van der Waals surface area (Å²) < 4.78 is 0. The van der Waals surface area contributed by atoms with Crippen molar-refractivity contribution in [1.82, 2.24) is 0 Å². The normalized spacial score (nSPS) is 10.5. The predicted octanol–water partition coefficient (Wildman–Crippen LogP) is 4.89. The van der Waals surface area contributed by atoms with E-state index in [9.17, 15) is 9.59 Å². The Morgan fingerprint density at radius 3 is 1.72 bits per heavy atom. The van der Waals surface area contributed by atoms with Gasteiger partial charge in [-0.25, -0.2) is 0 Å². The molecule has 3 nitrogen and oxygen atoms in total. The number of rotatable bonds is 6. The van der Waals surface area contributed by atoms with Crippen LogP contribution in [0.15, 0.2) is 84.9 Å². The first-order valence-electron chi connectivity index (χ1n) is 7.86. The van der Waals surface area contributed by atoms with Gasteiger partial charge >= 0.3 is 0 Å². The van der Waals surface area contributed by atoms with Gasteiger partial charge in [-0.05, 0) is 18.2 Å². The van der Waals surface area contributed by atoms with E-state index in [-0.39, 0.29) is 11.6 Å². The van der Waals surface area contributed by atoms with Gasteiger partial charge in [0.1, 0.15) is 0 Å². The number of hydrogen-bond donors (Lipinski definition) is 1. The van der Waals surface area contributed by atoms with Crippen LogP contribution < -0.4 is 5.32 Å². The largest absolute Gasteiger partial charge is 0.369 e. The van der Waals surface area contributed by atoms with Crippen LogP contribution in [0.25, 0.3) is 0 Å². The fourth-order valence-electron chi connectivity index (χ4n) is 2.53. The quantitative estimate of drug-likeness (QED) is 0.509. The van der Waals surface area contributed by atoms with E-state index in [0.29, 0.717) is 21.8 Å². The van der Waals surface area contributed by atoms with Crippen molar-refractivity contribution in [1.29, 1.82) is 0 Å². The first-order valence-corrected chi connectivity index (χ1v) is 8.23. The summed E-state index contributed by atoms with van der Waals surface area (Å²) in [6.45, 7) is 0. The lowest BCUT2D eigenvalue weighted by Crippen LogP contribution is -2.37. The lowest BCUT2D eigenvalue weighted by Gasteiger charge is -2.18. The number of anilines is 1. The van der Waals surface area contributed by atoms with E-state index in [1.165, 1.54) is 0 Å². The van der Waals surface area contributed by atoms with Crippen molar-refractivity contribution in [2.45, 2.75) is 6.04 Å². The van der Waals surface area contributed by atoms with E-state index >= 15 is 0 Å². The number of carbonyl (C=O) groups excluding carboxylic acids is 2. The molecule has 3 aromatic rings. The van der Waals surface area contributed by atoms with Gasteiger partial charge in [0, 0.05) is 21.8 Å². The second-order valence-corrected chi connectivity index (χ2v) is 5.98. The first kappa shape index (κ1) is 16.9. The predicted molar refractivity (Wildman–Crippen MR) is 100 cm³/mol. The molecule has 0 unspecified atom stereocenters. The molecule has 1 N–H and O–H groups in total. The molecule has 25 heavy (non-hydrogen) atoms. The van der Waals surface area contributed by atoms with Crippen molar-refractivity contribution in [2.75, 3.05) is 5.32 Å². The number of ketones is 2. The molecule has 124 valence electrons. The molecule has 0 atom stereocenters. The van der Waals surface area contributed by atoms with E-state index in [4.69, 9.17) is 11.6 Å². The fraction of sp³-hybridized carbons (Fsp3) is 0.0476. The number of benzene rings is 3. The lowest BCUT2D eigenvalue weighted by atomic mass is 9.96. The zero-order chi connectivity index (χ0) is 17.6. The minimum Gasteiger partial charge on any atom is -0.369 e. The molecule has 3 rings (SSSR count). The summed E-state index contributed by atoms with van der Waals surface area (Å²) in [6, 6.07) is 23.5. The number of hydrogen-bond acceptors (Lipinski definition) is 3. The Labute approximate surface area is 151 Å². The average molecular weight is 350 g/mol. The SMILES string of the molecule is O=C(c1ccccc1)C(Nc1cccc(Cl)c1)C(=O)c1ccccc1. The van der Waals surface area contributed by atoms with Gasteiger partial charge in [-0.1, -0.05) is 78.3 Å². The summed E-state index contributed by atoms with van der Waals surface area (Å²) in [5, 5.41) is 3.56. The topological polar surface area (TPSA) is 46.2 Å². The molecule has 0 aliphatic carbocycles. The maximum Gasteiger partial charge on any atom is 0.193 e. The Bertz CT molecular complexity index is 827. The van der Waals surface area contributed by atoms with Gasteiger partial charge in [-0.15, -0.1) is 0 Å². The Morgan fingerprint density at radius 2 is 1.24 bits per heavy atom. The van der Waals surface area contributed by atoms with Crippen LogP contribution in [0.4, 0.5) is 5.69 Å². The van der Waals surface area contributed by atoms with Crippen molar-refractivity contribution < 1.29 is 9.59 Å². The summed E-state index contributed by atoms with van der Waals surface area (Å²) in [7, 11) is 0. The molecule has 0 saturated heterocycles. The average Bonchev–Trinajstić information content (AvgIpc) is 2.66. The highest BCUT2D eigenvalue weighted by Gasteiger charge is 2.28. The van der Waals surface area contributed by atoms with Crippen LogP contribution in [0, 0.1) is 0 Å². The minimum atomic E-state index is -1.02. The van der Waals surface area contributed by atoms with E-state index in [2.05, 4.69) is 5.32 Å². The van der Waals surface area contributed by atoms with Gasteiger partial charge in [0.05, 0.1) is 0 Å². The van der Waals surface area contributed by atoms with Crippen LogP contribution in [0.2, 0.25) is 5.02 Å². The highest BCUT2D eigenvalue weighted by molar-refractivity contribution is 6.31. The van der Waals surface area contributed by atoms with Gasteiger partial charge in [0.15, 0.2) is 17.6 Å². The molecule has 0 aliphatic heterocycles. The molecule has 0 spiro atoms. The van der Waals surface area contributed by atoms with Gasteiger partial charge in [0.25, 0.3) is 0 Å². The second-order valence-electron chi connectivity index (χ2n) is 5.55. The fourth-order valence-corrected chi connectivity index (χ4v) is 2.72. The maximum absolute atomic E-state index is 12.9. The van der Waals surface area contributed by atoms with Crippen molar-refractivity contribution >= 4 is 28.9 Å². The lowest BCUT2D eigenvalue weighted by molar-refractivity contribution is 0.0874.